The van der Waals surface area contributed by atoms with Gasteiger partial charge >= 0.3 is 0 Å². The van der Waals surface area contributed by atoms with Crippen LogP contribution in [0.15, 0.2) is 22.6 Å². The minimum absolute atomic E-state index is 0.596. The van der Waals surface area contributed by atoms with Gasteiger partial charge in [0.2, 0.25) is 0 Å². The fourth-order valence-corrected chi connectivity index (χ4v) is 1.47. The predicted molar refractivity (Wildman–Crippen MR) is 54.6 cm³/mol. The minimum atomic E-state index is 0.596. The molecule has 0 N–H and O–H groups in total. The van der Waals surface area contributed by atoms with Gasteiger partial charge in [-0.05, 0) is 12.1 Å². The van der Waals surface area contributed by atoms with E-state index in [1.165, 1.54) is 0 Å². The summed E-state index contributed by atoms with van der Waals surface area (Å²) in [6, 6.07) is 5.52. The van der Waals surface area contributed by atoms with Crippen LogP contribution >= 0.6 is 11.6 Å². The Labute approximate surface area is 86.6 Å². The summed E-state index contributed by atoms with van der Waals surface area (Å²) < 4.78 is 10.4. The topological polar surface area (TPSA) is 35.3 Å². The lowest BCUT2D eigenvalue weighted by atomic mass is 10.3. The van der Waals surface area contributed by atoms with E-state index >= 15 is 0 Å². The van der Waals surface area contributed by atoms with E-state index in [-0.39, 0.29) is 0 Å². The molecule has 0 unspecified atom stereocenters. The number of methoxy groups -OCH3 is 1. The molecule has 0 saturated carbocycles. The maximum Gasteiger partial charge on any atom is 0.197 e. The molecule has 0 spiro atoms. The Morgan fingerprint density at radius 1 is 1.50 bits per heavy atom. The van der Waals surface area contributed by atoms with Gasteiger partial charge in [0, 0.05) is 13.5 Å². The van der Waals surface area contributed by atoms with Crippen molar-refractivity contribution in [1.82, 2.24) is 4.98 Å². The first-order chi connectivity index (χ1) is 6.81. The molecule has 0 aliphatic rings. The first kappa shape index (κ1) is 9.49. The van der Waals surface area contributed by atoms with Gasteiger partial charge in [0.05, 0.1) is 11.6 Å². The molecule has 0 bridgehead atoms. The van der Waals surface area contributed by atoms with Crippen LogP contribution in [0.1, 0.15) is 5.89 Å². The van der Waals surface area contributed by atoms with Gasteiger partial charge < -0.3 is 9.15 Å². The van der Waals surface area contributed by atoms with Gasteiger partial charge in [0.1, 0.15) is 5.52 Å². The second kappa shape index (κ2) is 3.98. The Morgan fingerprint density at radius 3 is 3.07 bits per heavy atom. The van der Waals surface area contributed by atoms with E-state index in [9.17, 15) is 0 Å². The molecule has 0 saturated heterocycles. The van der Waals surface area contributed by atoms with Crippen LogP contribution in [0, 0.1) is 0 Å². The molecule has 1 aromatic heterocycles. The molecule has 0 radical (unpaired) electrons. The molecular weight excluding hydrogens is 202 g/mol. The van der Waals surface area contributed by atoms with Crippen molar-refractivity contribution in [2.24, 2.45) is 0 Å². The Bertz CT molecular complexity index is 439. The van der Waals surface area contributed by atoms with Gasteiger partial charge in [-0.15, -0.1) is 0 Å². The van der Waals surface area contributed by atoms with Gasteiger partial charge in [-0.1, -0.05) is 17.7 Å². The summed E-state index contributed by atoms with van der Waals surface area (Å²) in [5, 5.41) is 0.596. The first-order valence-electron chi connectivity index (χ1n) is 4.34. The van der Waals surface area contributed by atoms with Crippen molar-refractivity contribution in [3.8, 4) is 0 Å². The van der Waals surface area contributed by atoms with E-state index in [1.807, 2.05) is 12.1 Å². The van der Waals surface area contributed by atoms with Crippen molar-refractivity contribution in [2.45, 2.75) is 6.42 Å². The largest absolute Gasteiger partial charge is 0.439 e. The van der Waals surface area contributed by atoms with Crippen LogP contribution in [0.3, 0.4) is 0 Å². The zero-order chi connectivity index (χ0) is 9.97. The highest BCUT2D eigenvalue weighted by molar-refractivity contribution is 6.34. The molecule has 74 valence electrons. The van der Waals surface area contributed by atoms with Gasteiger partial charge in [-0.2, -0.15) is 0 Å². The zero-order valence-corrected chi connectivity index (χ0v) is 8.54. The minimum Gasteiger partial charge on any atom is -0.439 e. The highest BCUT2D eigenvalue weighted by atomic mass is 35.5. The van der Waals surface area contributed by atoms with Crippen molar-refractivity contribution < 1.29 is 9.15 Å². The van der Waals surface area contributed by atoms with Gasteiger partial charge in [0.15, 0.2) is 11.5 Å². The fourth-order valence-electron chi connectivity index (χ4n) is 1.26. The summed E-state index contributed by atoms with van der Waals surface area (Å²) in [7, 11) is 1.65. The molecule has 0 aliphatic carbocycles. The van der Waals surface area contributed by atoms with Crippen molar-refractivity contribution in [3.05, 3.63) is 29.1 Å². The van der Waals surface area contributed by atoms with Crippen LogP contribution in [0.2, 0.25) is 5.02 Å². The second-order valence-electron chi connectivity index (χ2n) is 2.94. The number of benzene rings is 1. The van der Waals surface area contributed by atoms with E-state index in [2.05, 4.69) is 4.98 Å². The molecule has 2 aromatic rings. The average Bonchev–Trinajstić information content (AvgIpc) is 2.59. The standard InChI is InChI=1S/C10H10ClNO2/c1-13-6-5-9-12-8-4-2-3-7(11)10(8)14-9/h2-4H,5-6H2,1H3. The summed E-state index contributed by atoms with van der Waals surface area (Å²) in [4.78, 5) is 4.28. The third kappa shape index (κ3) is 1.74. The molecule has 0 aliphatic heterocycles. The number of hydrogen-bond acceptors (Lipinski definition) is 3. The SMILES string of the molecule is COCCc1nc2cccc(Cl)c2o1. The van der Waals surface area contributed by atoms with E-state index in [1.54, 1.807) is 13.2 Å². The average molecular weight is 212 g/mol. The van der Waals surface area contributed by atoms with Crippen LogP contribution in [0.5, 0.6) is 0 Å². The molecular formula is C10H10ClNO2. The van der Waals surface area contributed by atoms with E-state index in [4.69, 9.17) is 20.8 Å². The molecule has 1 aromatic carbocycles. The Kier molecular flexibility index (Phi) is 2.70. The Hall–Kier alpha value is -1.06. The van der Waals surface area contributed by atoms with Crippen molar-refractivity contribution >= 4 is 22.7 Å². The van der Waals surface area contributed by atoms with E-state index in [0.717, 1.165) is 5.52 Å². The number of hydrogen-bond donors (Lipinski definition) is 0. The molecule has 4 heteroatoms. The molecule has 0 amide bonds. The lowest BCUT2D eigenvalue weighted by molar-refractivity contribution is 0.196. The second-order valence-corrected chi connectivity index (χ2v) is 3.35. The fraction of sp³-hybridized carbons (Fsp3) is 0.300. The highest BCUT2D eigenvalue weighted by Crippen LogP contribution is 2.23. The number of aromatic nitrogens is 1. The number of nitrogens with zero attached hydrogens (tertiary/aromatic N) is 1. The van der Waals surface area contributed by atoms with Crippen molar-refractivity contribution in [1.29, 1.82) is 0 Å². The number of ether oxygens (including phenoxy) is 1. The molecule has 0 fully saturated rings. The van der Waals surface area contributed by atoms with Crippen molar-refractivity contribution in [3.63, 3.8) is 0 Å². The number of oxazole rings is 1. The zero-order valence-electron chi connectivity index (χ0n) is 7.79. The number of rotatable bonds is 3. The van der Waals surface area contributed by atoms with Crippen LogP contribution in [-0.4, -0.2) is 18.7 Å². The molecule has 1 heterocycles. The first-order valence-corrected chi connectivity index (χ1v) is 4.72. The lowest BCUT2D eigenvalue weighted by Gasteiger charge is -1.91. The molecule has 0 atom stereocenters. The Morgan fingerprint density at radius 2 is 2.36 bits per heavy atom. The Balaban J connectivity index is 2.36. The monoisotopic (exact) mass is 211 g/mol. The van der Waals surface area contributed by atoms with E-state index < -0.39 is 0 Å². The summed E-state index contributed by atoms with van der Waals surface area (Å²) in [5.74, 6) is 0.662. The lowest BCUT2D eigenvalue weighted by Crippen LogP contribution is -1.93. The van der Waals surface area contributed by atoms with Crippen LogP contribution in [-0.2, 0) is 11.2 Å². The number of para-hydroxylation sites is 1. The normalized spacial score (nSPS) is 11.0. The summed E-state index contributed by atoms with van der Waals surface area (Å²) in [6.07, 6.45) is 0.668. The number of fused-ring (bicyclic) bond motifs is 1. The third-order valence-electron chi connectivity index (χ3n) is 1.93. The van der Waals surface area contributed by atoms with Gasteiger partial charge in [-0.25, -0.2) is 4.98 Å². The van der Waals surface area contributed by atoms with Crippen LogP contribution < -0.4 is 0 Å². The quantitative estimate of drug-likeness (QED) is 0.783. The van der Waals surface area contributed by atoms with Crippen molar-refractivity contribution in [2.75, 3.05) is 13.7 Å². The predicted octanol–water partition coefficient (Wildman–Crippen LogP) is 2.67. The molecule has 14 heavy (non-hydrogen) atoms. The highest BCUT2D eigenvalue weighted by Gasteiger charge is 2.07. The van der Waals surface area contributed by atoms with Gasteiger partial charge in [-0.3, -0.25) is 0 Å². The van der Waals surface area contributed by atoms with Crippen LogP contribution in [0.25, 0.3) is 11.1 Å². The third-order valence-corrected chi connectivity index (χ3v) is 2.23. The maximum atomic E-state index is 5.94. The molecule has 3 nitrogen and oxygen atoms in total. The van der Waals surface area contributed by atoms with Gasteiger partial charge in [0.25, 0.3) is 0 Å². The van der Waals surface area contributed by atoms with E-state index in [0.29, 0.717) is 29.5 Å². The number of halogens is 1. The smallest absolute Gasteiger partial charge is 0.197 e. The molecule has 2 rings (SSSR count). The summed E-state index contributed by atoms with van der Waals surface area (Å²) in [6.45, 7) is 0.602. The summed E-state index contributed by atoms with van der Waals surface area (Å²) >= 11 is 5.94. The van der Waals surface area contributed by atoms with Crippen LogP contribution in [0.4, 0.5) is 0 Å². The summed E-state index contributed by atoms with van der Waals surface area (Å²) in [5.41, 5.74) is 1.45. The maximum absolute atomic E-state index is 5.94.